The van der Waals surface area contributed by atoms with E-state index < -0.39 is 17.6 Å². The van der Waals surface area contributed by atoms with Gasteiger partial charge in [0.1, 0.15) is 0 Å². The first-order valence-electron chi connectivity index (χ1n) is 5.09. The number of rotatable bonds is 2. The first-order valence-corrected chi connectivity index (χ1v) is 5.09. The normalized spacial score (nSPS) is 11.3. The first kappa shape index (κ1) is 12.2. The van der Waals surface area contributed by atoms with E-state index in [4.69, 9.17) is 0 Å². The molecule has 18 heavy (non-hydrogen) atoms. The van der Waals surface area contributed by atoms with Gasteiger partial charge < -0.3 is 10.3 Å². The third-order valence-corrected chi connectivity index (χ3v) is 2.34. The van der Waals surface area contributed by atoms with Gasteiger partial charge in [0.25, 0.3) is 5.91 Å². The predicted molar refractivity (Wildman–Crippen MR) is 60.2 cm³/mol. The van der Waals surface area contributed by atoms with Gasteiger partial charge in [0, 0.05) is 12.4 Å². The molecule has 1 amide bonds. The van der Waals surface area contributed by atoms with Crippen LogP contribution in [0.25, 0.3) is 0 Å². The second-order valence-electron chi connectivity index (χ2n) is 3.60. The van der Waals surface area contributed by atoms with E-state index in [1.54, 1.807) is 0 Å². The van der Waals surface area contributed by atoms with Crippen molar-refractivity contribution in [1.82, 2.24) is 4.98 Å². The molecule has 0 spiro atoms. The predicted octanol–water partition coefficient (Wildman–Crippen LogP) is 3.29. The SMILES string of the molecule is O=C(Nc1ccccc1C(F)(F)F)c1cc[nH]c1. The molecule has 0 fully saturated rings. The molecule has 2 aromatic rings. The number of alkyl halides is 3. The fourth-order valence-corrected chi connectivity index (χ4v) is 1.50. The summed E-state index contributed by atoms with van der Waals surface area (Å²) < 4.78 is 38.1. The quantitative estimate of drug-likeness (QED) is 0.848. The van der Waals surface area contributed by atoms with Gasteiger partial charge in [-0.2, -0.15) is 13.2 Å². The number of benzene rings is 1. The van der Waals surface area contributed by atoms with Gasteiger partial charge in [0.05, 0.1) is 16.8 Å². The summed E-state index contributed by atoms with van der Waals surface area (Å²) in [5.41, 5.74) is -0.850. The van der Waals surface area contributed by atoms with Crippen LogP contribution in [0.4, 0.5) is 18.9 Å². The average molecular weight is 254 g/mol. The van der Waals surface area contributed by atoms with Crippen molar-refractivity contribution in [1.29, 1.82) is 0 Å². The minimum absolute atomic E-state index is 0.254. The zero-order chi connectivity index (χ0) is 13.2. The Balaban J connectivity index is 2.27. The summed E-state index contributed by atoms with van der Waals surface area (Å²) in [7, 11) is 0. The summed E-state index contributed by atoms with van der Waals surface area (Å²) in [5.74, 6) is -0.590. The molecule has 0 aliphatic carbocycles. The van der Waals surface area contributed by atoms with Crippen LogP contribution >= 0.6 is 0 Å². The number of H-pyrrole nitrogens is 1. The number of aromatic amines is 1. The minimum atomic E-state index is -4.50. The van der Waals surface area contributed by atoms with Crippen molar-refractivity contribution in [2.24, 2.45) is 0 Å². The minimum Gasteiger partial charge on any atom is -0.367 e. The Labute approximate surface area is 101 Å². The molecular weight excluding hydrogens is 245 g/mol. The van der Waals surface area contributed by atoms with Gasteiger partial charge in [0.2, 0.25) is 0 Å². The highest BCUT2D eigenvalue weighted by Gasteiger charge is 2.33. The molecule has 0 aliphatic heterocycles. The Morgan fingerprint density at radius 1 is 1.17 bits per heavy atom. The molecular formula is C12H9F3N2O. The highest BCUT2D eigenvalue weighted by molar-refractivity contribution is 6.04. The smallest absolute Gasteiger partial charge is 0.367 e. The Hall–Kier alpha value is -2.24. The highest BCUT2D eigenvalue weighted by Crippen LogP contribution is 2.34. The fraction of sp³-hybridized carbons (Fsp3) is 0.0833. The molecule has 6 heteroatoms. The van der Waals surface area contributed by atoms with E-state index in [0.29, 0.717) is 0 Å². The van der Waals surface area contributed by atoms with Crippen LogP contribution in [-0.2, 0) is 6.18 Å². The van der Waals surface area contributed by atoms with E-state index >= 15 is 0 Å². The summed E-state index contributed by atoms with van der Waals surface area (Å²) in [4.78, 5) is 14.3. The first-order chi connectivity index (χ1) is 8.48. The maximum absolute atomic E-state index is 12.7. The number of nitrogens with one attached hydrogen (secondary N) is 2. The summed E-state index contributed by atoms with van der Waals surface area (Å²) in [6.45, 7) is 0. The van der Waals surface area contributed by atoms with Crippen LogP contribution in [0.2, 0.25) is 0 Å². The molecule has 0 unspecified atom stereocenters. The number of aromatic nitrogens is 1. The van der Waals surface area contributed by atoms with Crippen molar-refractivity contribution < 1.29 is 18.0 Å². The van der Waals surface area contributed by atoms with Crippen molar-refractivity contribution in [2.75, 3.05) is 5.32 Å². The second kappa shape index (κ2) is 4.56. The second-order valence-corrected chi connectivity index (χ2v) is 3.60. The molecule has 0 atom stereocenters. The molecule has 2 rings (SSSR count). The van der Waals surface area contributed by atoms with Gasteiger partial charge >= 0.3 is 6.18 Å². The monoisotopic (exact) mass is 254 g/mol. The lowest BCUT2D eigenvalue weighted by Gasteiger charge is -2.12. The van der Waals surface area contributed by atoms with Gasteiger partial charge in [-0.3, -0.25) is 4.79 Å². The molecule has 2 N–H and O–H groups in total. The lowest BCUT2D eigenvalue weighted by atomic mass is 10.1. The van der Waals surface area contributed by atoms with Crippen LogP contribution in [0, 0.1) is 0 Å². The van der Waals surface area contributed by atoms with Crippen molar-refractivity contribution in [3.8, 4) is 0 Å². The van der Waals surface area contributed by atoms with Gasteiger partial charge in [-0.25, -0.2) is 0 Å². The average Bonchev–Trinajstić information content (AvgIpc) is 2.81. The summed E-state index contributed by atoms with van der Waals surface area (Å²) >= 11 is 0. The van der Waals surface area contributed by atoms with E-state index in [2.05, 4.69) is 10.3 Å². The van der Waals surface area contributed by atoms with E-state index in [-0.39, 0.29) is 11.3 Å². The van der Waals surface area contributed by atoms with Crippen LogP contribution in [0.5, 0.6) is 0 Å². The molecule has 1 aromatic heterocycles. The largest absolute Gasteiger partial charge is 0.418 e. The number of hydrogen-bond acceptors (Lipinski definition) is 1. The molecule has 94 valence electrons. The van der Waals surface area contributed by atoms with E-state index in [0.717, 1.165) is 6.07 Å². The topological polar surface area (TPSA) is 44.9 Å². The standard InChI is InChI=1S/C12H9F3N2O/c13-12(14,15)9-3-1-2-4-10(9)17-11(18)8-5-6-16-7-8/h1-7,16H,(H,17,18). The Morgan fingerprint density at radius 3 is 2.50 bits per heavy atom. The molecule has 3 nitrogen and oxygen atoms in total. The maximum atomic E-state index is 12.7. The van der Waals surface area contributed by atoms with Crippen LogP contribution < -0.4 is 5.32 Å². The zero-order valence-corrected chi connectivity index (χ0v) is 9.08. The lowest BCUT2D eigenvalue weighted by Crippen LogP contribution is -2.16. The summed E-state index contributed by atoms with van der Waals surface area (Å²) in [5, 5.41) is 2.24. The Bertz CT molecular complexity index is 547. The van der Waals surface area contributed by atoms with Gasteiger partial charge in [-0.05, 0) is 18.2 Å². The van der Waals surface area contributed by atoms with Crippen LogP contribution in [0.3, 0.4) is 0 Å². The van der Waals surface area contributed by atoms with E-state index in [9.17, 15) is 18.0 Å². The fourth-order valence-electron chi connectivity index (χ4n) is 1.50. The van der Waals surface area contributed by atoms with Crippen molar-refractivity contribution in [3.63, 3.8) is 0 Å². The number of para-hydroxylation sites is 1. The molecule has 0 aliphatic rings. The Kier molecular flexibility index (Phi) is 3.10. The van der Waals surface area contributed by atoms with Gasteiger partial charge in [-0.15, -0.1) is 0 Å². The highest BCUT2D eigenvalue weighted by atomic mass is 19.4. The third-order valence-electron chi connectivity index (χ3n) is 2.34. The lowest BCUT2D eigenvalue weighted by molar-refractivity contribution is -0.136. The van der Waals surface area contributed by atoms with Crippen molar-refractivity contribution in [2.45, 2.75) is 6.18 Å². The number of amides is 1. The van der Waals surface area contributed by atoms with E-state index in [1.807, 2.05) is 0 Å². The molecule has 0 bridgehead atoms. The number of halogens is 3. The number of carbonyl (C=O) groups excluding carboxylic acids is 1. The summed E-state index contributed by atoms with van der Waals surface area (Å²) in [6.07, 6.45) is -1.57. The number of anilines is 1. The van der Waals surface area contributed by atoms with Crippen molar-refractivity contribution >= 4 is 11.6 Å². The summed E-state index contributed by atoms with van der Waals surface area (Å²) in [6, 6.07) is 6.32. The third kappa shape index (κ3) is 2.53. The zero-order valence-electron chi connectivity index (χ0n) is 9.08. The molecule has 0 radical (unpaired) electrons. The van der Waals surface area contributed by atoms with Gasteiger partial charge in [-0.1, -0.05) is 12.1 Å². The van der Waals surface area contributed by atoms with Crippen LogP contribution in [0.15, 0.2) is 42.7 Å². The molecule has 1 heterocycles. The van der Waals surface area contributed by atoms with Crippen LogP contribution in [-0.4, -0.2) is 10.9 Å². The van der Waals surface area contributed by atoms with E-state index in [1.165, 1.54) is 36.7 Å². The molecule has 0 saturated carbocycles. The van der Waals surface area contributed by atoms with Crippen LogP contribution in [0.1, 0.15) is 15.9 Å². The molecule has 1 aromatic carbocycles. The maximum Gasteiger partial charge on any atom is 0.418 e. The number of carbonyl (C=O) groups is 1. The Morgan fingerprint density at radius 2 is 1.89 bits per heavy atom. The van der Waals surface area contributed by atoms with Crippen molar-refractivity contribution in [3.05, 3.63) is 53.9 Å². The number of hydrogen-bond donors (Lipinski definition) is 2. The molecule has 0 saturated heterocycles. The van der Waals surface area contributed by atoms with Gasteiger partial charge in [0.15, 0.2) is 0 Å².